The second-order valence-corrected chi connectivity index (χ2v) is 6.26. The second-order valence-electron chi connectivity index (χ2n) is 4.39. The second kappa shape index (κ2) is 5.52. The summed E-state index contributed by atoms with van der Waals surface area (Å²) in [5.74, 6) is -2.09. The molecule has 1 saturated heterocycles. The van der Waals surface area contributed by atoms with E-state index in [2.05, 4.69) is 4.90 Å². The topological polar surface area (TPSA) is 40.6 Å². The highest BCUT2D eigenvalue weighted by atomic mass is 32.2. The Balaban J connectivity index is 2.29. The van der Waals surface area contributed by atoms with Crippen LogP contribution in [0.5, 0.6) is 0 Å². The number of sulfonamides is 1. The van der Waals surface area contributed by atoms with Crippen LogP contribution in [-0.4, -0.2) is 50.3 Å². The fraction of sp³-hybridized carbons (Fsp3) is 0.500. The third-order valence-electron chi connectivity index (χ3n) is 3.30. The van der Waals surface area contributed by atoms with Crippen molar-refractivity contribution in [2.24, 2.45) is 0 Å². The Labute approximate surface area is 111 Å². The van der Waals surface area contributed by atoms with Crippen molar-refractivity contribution in [2.45, 2.75) is 11.8 Å². The van der Waals surface area contributed by atoms with Crippen LogP contribution in [0.4, 0.5) is 8.78 Å². The van der Waals surface area contributed by atoms with Crippen LogP contribution in [0.1, 0.15) is 6.92 Å². The van der Waals surface area contributed by atoms with Crippen molar-refractivity contribution >= 4 is 10.0 Å². The summed E-state index contributed by atoms with van der Waals surface area (Å²) in [6, 6.07) is 3.06. The molecule has 1 heterocycles. The van der Waals surface area contributed by atoms with E-state index in [-0.39, 0.29) is 13.1 Å². The lowest BCUT2D eigenvalue weighted by Gasteiger charge is -2.33. The maximum Gasteiger partial charge on any atom is 0.249 e. The summed E-state index contributed by atoms with van der Waals surface area (Å²) in [6.45, 7) is 4.48. The molecule has 1 aliphatic rings. The van der Waals surface area contributed by atoms with Crippen molar-refractivity contribution in [1.82, 2.24) is 9.21 Å². The number of hydrogen-bond acceptors (Lipinski definition) is 3. The third kappa shape index (κ3) is 2.77. The van der Waals surface area contributed by atoms with E-state index in [0.29, 0.717) is 13.1 Å². The Kier molecular flexibility index (Phi) is 4.17. The van der Waals surface area contributed by atoms with Gasteiger partial charge in [-0.3, -0.25) is 0 Å². The first kappa shape index (κ1) is 14.4. The molecule has 0 aromatic heterocycles. The molecule has 0 unspecified atom stereocenters. The molecule has 7 heteroatoms. The lowest BCUT2D eigenvalue weighted by Crippen LogP contribution is -2.48. The van der Waals surface area contributed by atoms with Gasteiger partial charge in [0.05, 0.1) is 0 Å². The average Bonchev–Trinajstić information content (AvgIpc) is 2.38. The summed E-state index contributed by atoms with van der Waals surface area (Å²) in [4.78, 5) is 1.24. The quantitative estimate of drug-likeness (QED) is 0.842. The Hall–Kier alpha value is -1.05. The van der Waals surface area contributed by atoms with E-state index in [4.69, 9.17) is 0 Å². The number of nitrogens with zero attached hydrogens (tertiary/aromatic N) is 2. The summed E-state index contributed by atoms with van der Waals surface area (Å²) in [6.07, 6.45) is 0. The van der Waals surface area contributed by atoms with Crippen molar-refractivity contribution in [1.29, 1.82) is 0 Å². The highest BCUT2D eigenvalue weighted by molar-refractivity contribution is 7.89. The lowest BCUT2D eigenvalue weighted by molar-refractivity contribution is 0.196. The normalized spacial score (nSPS) is 18.7. The van der Waals surface area contributed by atoms with Crippen molar-refractivity contribution in [3.63, 3.8) is 0 Å². The van der Waals surface area contributed by atoms with E-state index in [0.717, 1.165) is 29.0 Å². The summed E-state index contributed by atoms with van der Waals surface area (Å²) in [5.41, 5.74) is 0. The zero-order valence-corrected chi connectivity index (χ0v) is 11.5. The van der Waals surface area contributed by atoms with Crippen LogP contribution in [0.2, 0.25) is 0 Å². The predicted octanol–water partition coefficient (Wildman–Crippen LogP) is 1.29. The molecule has 1 aromatic rings. The van der Waals surface area contributed by atoms with Gasteiger partial charge < -0.3 is 4.90 Å². The van der Waals surface area contributed by atoms with E-state index in [1.54, 1.807) is 0 Å². The molecule has 19 heavy (non-hydrogen) atoms. The zero-order chi connectivity index (χ0) is 14.0. The van der Waals surface area contributed by atoms with Crippen molar-refractivity contribution in [2.75, 3.05) is 32.7 Å². The number of rotatable bonds is 3. The standard InChI is InChI=1S/C12H16F2N2O2S/c1-2-15-6-8-16(9-7-15)19(17,18)12-10(13)4-3-5-11(12)14/h3-5H,2,6-9H2,1H3. The minimum Gasteiger partial charge on any atom is -0.301 e. The molecule has 0 bridgehead atoms. The molecule has 0 atom stereocenters. The fourth-order valence-electron chi connectivity index (χ4n) is 2.14. The molecule has 0 amide bonds. The Morgan fingerprint density at radius 1 is 1.11 bits per heavy atom. The maximum absolute atomic E-state index is 13.6. The highest BCUT2D eigenvalue weighted by Gasteiger charge is 2.32. The van der Waals surface area contributed by atoms with Gasteiger partial charge in [0.25, 0.3) is 0 Å². The molecule has 1 fully saturated rings. The van der Waals surface area contributed by atoms with E-state index in [1.165, 1.54) is 0 Å². The SMILES string of the molecule is CCN1CCN(S(=O)(=O)c2c(F)cccc2F)CC1. The van der Waals surface area contributed by atoms with Gasteiger partial charge in [-0.25, -0.2) is 17.2 Å². The Morgan fingerprint density at radius 2 is 1.63 bits per heavy atom. The highest BCUT2D eigenvalue weighted by Crippen LogP contribution is 2.23. The molecule has 0 N–H and O–H groups in total. The molecule has 0 spiro atoms. The van der Waals surface area contributed by atoms with Gasteiger partial charge in [0.2, 0.25) is 10.0 Å². The molecule has 106 valence electrons. The van der Waals surface area contributed by atoms with E-state index >= 15 is 0 Å². The zero-order valence-electron chi connectivity index (χ0n) is 10.6. The molecule has 0 saturated carbocycles. The van der Waals surface area contributed by atoms with Gasteiger partial charge in [0.1, 0.15) is 11.6 Å². The van der Waals surface area contributed by atoms with Crippen molar-refractivity contribution < 1.29 is 17.2 Å². The van der Waals surface area contributed by atoms with Gasteiger partial charge >= 0.3 is 0 Å². The van der Waals surface area contributed by atoms with Crippen LogP contribution in [-0.2, 0) is 10.0 Å². The van der Waals surface area contributed by atoms with Gasteiger partial charge in [0, 0.05) is 26.2 Å². The molecule has 1 aliphatic heterocycles. The monoisotopic (exact) mass is 290 g/mol. The molecule has 0 aliphatic carbocycles. The molecular weight excluding hydrogens is 274 g/mol. The summed E-state index contributed by atoms with van der Waals surface area (Å²) in [7, 11) is -4.10. The van der Waals surface area contributed by atoms with Gasteiger partial charge in [-0.05, 0) is 18.7 Å². The largest absolute Gasteiger partial charge is 0.301 e. The van der Waals surface area contributed by atoms with E-state index in [9.17, 15) is 17.2 Å². The average molecular weight is 290 g/mol. The molecule has 2 rings (SSSR count). The van der Waals surface area contributed by atoms with Crippen LogP contribution in [0.3, 0.4) is 0 Å². The first-order valence-electron chi connectivity index (χ1n) is 6.13. The predicted molar refractivity (Wildman–Crippen MR) is 67.2 cm³/mol. The van der Waals surface area contributed by atoms with Gasteiger partial charge in [-0.2, -0.15) is 4.31 Å². The van der Waals surface area contributed by atoms with Crippen molar-refractivity contribution in [3.05, 3.63) is 29.8 Å². The van der Waals surface area contributed by atoms with Gasteiger partial charge in [-0.15, -0.1) is 0 Å². The van der Waals surface area contributed by atoms with Crippen LogP contribution >= 0.6 is 0 Å². The summed E-state index contributed by atoms with van der Waals surface area (Å²) in [5, 5.41) is 0. The first-order valence-corrected chi connectivity index (χ1v) is 7.57. The van der Waals surface area contributed by atoms with Crippen LogP contribution in [0.25, 0.3) is 0 Å². The maximum atomic E-state index is 13.6. The minimum atomic E-state index is -4.10. The Morgan fingerprint density at radius 3 is 2.11 bits per heavy atom. The van der Waals surface area contributed by atoms with Gasteiger partial charge in [-0.1, -0.05) is 13.0 Å². The van der Waals surface area contributed by atoms with Crippen LogP contribution in [0.15, 0.2) is 23.1 Å². The number of benzene rings is 1. The number of likely N-dealkylation sites (N-methyl/N-ethyl adjacent to an activating group) is 1. The van der Waals surface area contributed by atoms with Gasteiger partial charge in [0.15, 0.2) is 4.90 Å². The first-order chi connectivity index (χ1) is 8.96. The minimum absolute atomic E-state index is 0.254. The number of piperazine rings is 1. The fourth-order valence-corrected chi connectivity index (χ4v) is 3.68. The van der Waals surface area contributed by atoms with Crippen LogP contribution < -0.4 is 0 Å². The molecular formula is C12H16F2N2O2S. The van der Waals surface area contributed by atoms with Crippen LogP contribution in [0, 0.1) is 11.6 Å². The smallest absolute Gasteiger partial charge is 0.249 e. The number of halogens is 2. The summed E-state index contributed by atoms with van der Waals surface area (Å²) >= 11 is 0. The lowest BCUT2D eigenvalue weighted by atomic mass is 10.3. The molecule has 1 aromatic carbocycles. The van der Waals surface area contributed by atoms with E-state index in [1.807, 2.05) is 6.92 Å². The van der Waals surface area contributed by atoms with Crippen molar-refractivity contribution in [3.8, 4) is 0 Å². The van der Waals surface area contributed by atoms with E-state index < -0.39 is 26.6 Å². The third-order valence-corrected chi connectivity index (χ3v) is 5.25. The Bertz CT molecular complexity index is 535. The number of hydrogen-bond donors (Lipinski definition) is 0. The summed E-state index contributed by atoms with van der Waals surface area (Å²) < 4.78 is 52.8. The molecule has 0 radical (unpaired) electrons. The molecule has 4 nitrogen and oxygen atoms in total.